The molecule has 9 aromatic rings. The van der Waals surface area contributed by atoms with Crippen molar-refractivity contribution < 1.29 is 0 Å². The Morgan fingerprint density at radius 1 is 0.364 bits per heavy atom. The van der Waals surface area contributed by atoms with Gasteiger partial charge in [-0.15, -0.1) is 0 Å². The van der Waals surface area contributed by atoms with Crippen LogP contribution in [0.4, 0.5) is 0 Å². The summed E-state index contributed by atoms with van der Waals surface area (Å²) < 4.78 is 0. The fourth-order valence-corrected chi connectivity index (χ4v) is 17.9. The Morgan fingerprint density at radius 3 is 1.91 bits per heavy atom. The van der Waals surface area contributed by atoms with Crippen LogP contribution in [-0.2, 0) is 0 Å². The molecule has 0 radical (unpaired) electrons. The van der Waals surface area contributed by atoms with Gasteiger partial charge in [-0.1, -0.05) is 237 Å². The summed E-state index contributed by atoms with van der Waals surface area (Å²) in [5.74, 6) is 2.10. The second-order valence-electron chi connectivity index (χ2n) is 26.7. The standard InChI is InChI=1S/C88H72/c1-2-20-58(21-3-1)85-75-29-12-15-32-78(75)88(79-49-48-72(69-27-10-11-28-70(69)79)68-33-16-25-57-19-8-9-26-67(57)68)84-54-65(42-46-80(84)85)64-43-47-81-83(53-64)87(74-35-17-34-71-73(74)45-44-66-51-61-23-6-7-24-62(61)52-82(66)71)77-31-14-13-30-76(77)86(81)59-39-36-56(37-40-59)63-41-38-55-18-4-5-22-60(55)50-63/h1-2,4-5,7-17,19-20,22,24-36,39,42,45-47,50,52-55,61,64,66H,3,6,18,21,23,37-38,40-41,43-44,48-49,51H2. The Labute approximate surface area is 516 Å². The molecule has 9 aliphatic carbocycles. The summed E-state index contributed by atoms with van der Waals surface area (Å²) in [6.07, 6.45) is 52.6. The van der Waals surface area contributed by atoms with Gasteiger partial charge in [-0.25, -0.2) is 0 Å². The molecule has 0 nitrogen and oxygen atoms in total. The Kier molecular flexibility index (Phi) is 12.6. The highest BCUT2D eigenvalue weighted by Gasteiger charge is 2.31. The van der Waals surface area contributed by atoms with Crippen LogP contribution in [-0.4, -0.2) is 0 Å². The smallest absolute Gasteiger partial charge is 0.00624 e. The zero-order valence-electron chi connectivity index (χ0n) is 50.3. The first-order valence-corrected chi connectivity index (χ1v) is 33.3. The molecule has 0 heteroatoms. The number of fused-ring (bicyclic) bond motifs is 10. The van der Waals surface area contributed by atoms with E-state index in [4.69, 9.17) is 0 Å². The predicted octanol–water partition coefficient (Wildman–Crippen LogP) is 18.2. The molecule has 424 valence electrons. The lowest BCUT2D eigenvalue weighted by atomic mass is 9.71. The predicted molar refractivity (Wildman–Crippen MR) is 374 cm³/mol. The average Bonchev–Trinajstić information content (AvgIpc) is 1.35. The molecule has 0 spiro atoms. The first-order valence-electron chi connectivity index (χ1n) is 33.3. The maximum atomic E-state index is 2.74. The lowest BCUT2D eigenvalue weighted by Crippen LogP contribution is -2.39. The highest BCUT2D eigenvalue weighted by atomic mass is 14.4. The van der Waals surface area contributed by atoms with Gasteiger partial charge in [0.1, 0.15) is 0 Å². The summed E-state index contributed by atoms with van der Waals surface area (Å²) in [4.78, 5) is 0. The lowest BCUT2D eigenvalue weighted by molar-refractivity contribution is 0.442. The topological polar surface area (TPSA) is 0 Å². The van der Waals surface area contributed by atoms with E-state index >= 15 is 0 Å². The van der Waals surface area contributed by atoms with Crippen molar-refractivity contribution in [3.05, 3.63) is 306 Å². The van der Waals surface area contributed by atoms with E-state index in [0.717, 1.165) is 51.4 Å². The van der Waals surface area contributed by atoms with Gasteiger partial charge in [0, 0.05) is 5.92 Å². The van der Waals surface area contributed by atoms with Crippen LogP contribution in [0.1, 0.15) is 124 Å². The van der Waals surface area contributed by atoms with Gasteiger partial charge >= 0.3 is 0 Å². The van der Waals surface area contributed by atoms with Gasteiger partial charge in [0.05, 0.1) is 0 Å². The number of hydrogen-bond acceptors (Lipinski definition) is 0. The van der Waals surface area contributed by atoms with Crippen molar-refractivity contribution in [1.82, 2.24) is 0 Å². The molecule has 88 heavy (non-hydrogen) atoms. The largest absolute Gasteiger partial charge is 0.0842 e. The van der Waals surface area contributed by atoms with Crippen molar-refractivity contribution in [2.24, 2.45) is 17.8 Å². The molecule has 0 fully saturated rings. The average molecular weight is 1130 g/mol. The van der Waals surface area contributed by atoms with Crippen molar-refractivity contribution >= 4 is 89.2 Å². The normalized spacial score (nSPS) is 21.7. The molecule has 0 bridgehead atoms. The molecule has 9 aromatic carbocycles. The summed E-state index contributed by atoms with van der Waals surface area (Å²) in [5.41, 5.74) is 23.3. The van der Waals surface area contributed by atoms with E-state index in [1.54, 1.807) is 16.7 Å². The molecule has 4 atom stereocenters. The minimum Gasteiger partial charge on any atom is -0.0842 e. The molecule has 0 N–H and O–H groups in total. The van der Waals surface area contributed by atoms with Crippen LogP contribution in [0.2, 0.25) is 0 Å². The lowest BCUT2D eigenvalue weighted by Gasteiger charge is -2.33. The monoisotopic (exact) mass is 1130 g/mol. The van der Waals surface area contributed by atoms with Gasteiger partial charge in [0.15, 0.2) is 0 Å². The van der Waals surface area contributed by atoms with Crippen LogP contribution in [0, 0.1) is 17.8 Å². The minimum absolute atomic E-state index is 0.164. The fourth-order valence-electron chi connectivity index (χ4n) is 17.9. The zero-order chi connectivity index (χ0) is 57.8. The summed E-state index contributed by atoms with van der Waals surface area (Å²) in [5, 5.41) is 19.2. The molecular weight excluding hydrogens is 1060 g/mol. The number of rotatable bonds is 7. The van der Waals surface area contributed by atoms with Gasteiger partial charge in [-0.05, 0) is 277 Å². The van der Waals surface area contributed by atoms with Crippen LogP contribution < -0.4 is 31.3 Å². The Bertz CT molecular complexity index is 5270. The van der Waals surface area contributed by atoms with Crippen molar-refractivity contribution in [1.29, 1.82) is 0 Å². The van der Waals surface area contributed by atoms with Gasteiger partial charge in [0.2, 0.25) is 0 Å². The van der Waals surface area contributed by atoms with Crippen LogP contribution in [0.5, 0.6) is 0 Å². The second-order valence-corrected chi connectivity index (χ2v) is 26.7. The van der Waals surface area contributed by atoms with Gasteiger partial charge in [0.25, 0.3) is 0 Å². The molecule has 0 saturated heterocycles. The highest BCUT2D eigenvalue weighted by Crippen LogP contribution is 2.47. The van der Waals surface area contributed by atoms with E-state index in [1.807, 2.05) is 0 Å². The SMILES string of the molecule is C1=CCCC(c2c3ccccc3c(C3=c4ccccc4=C(c4cccc5ccccc45)CC3)c3cc(C4C=c5c(-c6cccc7c6=CCC6CC8CCC=CC8=CC=76)c6ccccc6c(C6=CC=C(C7=CC8=CC=CCC8CC7)CC6)c5=CC4)ccc23)=C1. The second kappa shape index (κ2) is 21.3. The van der Waals surface area contributed by atoms with E-state index in [-0.39, 0.29) is 5.92 Å². The Balaban J connectivity index is 0.879. The zero-order valence-corrected chi connectivity index (χ0v) is 50.3. The third-order valence-corrected chi connectivity index (χ3v) is 22.1. The first kappa shape index (κ1) is 52.1. The molecule has 0 aliphatic heterocycles. The Hall–Kier alpha value is -9.10. The molecule has 4 unspecified atom stereocenters. The summed E-state index contributed by atoms with van der Waals surface area (Å²) in [6, 6.07) is 59.1. The third-order valence-electron chi connectivity index (χ3n) is 22.1. The van der Waals surface area contributed by atoms with Crippen molar-refractivity contribution in [2.75, 3.05) is 0 Å². The minimum atomic E-state index is 0.164. The first-order chi connectivity index (χ1) is 43.6. The fraction of sp³-hybridized carbons (Fsp3) is 0.205. The number of allylic oxidation sites excluding steroid dienone is 18. The Morgan fingerprint density at radius 2 is 1.06 bits per heavy atom. The summed E-state index contributed by atoms with van der Waals surface area (Å²) in [7, 11) is 0. The van der Waals surface area contributed by atoms with Crippen LogP contribution >= 0.6 is 0 Å². The van der Waals surface area contributed by atoms with Gasteiger partial charge in [-0.3, -0.25) is 0 Å². The van der Waals surface area contributed by atoms with Crippen LogP contribution in [0.3, 0.4) is 0 Å². The molecule has 0 heterocycles. The van der Waals surface area contributed by atoms with Crippen LogP contribution in [0.25, 0.3) is 100 Å². The molecule has 0 aromatic heterocycles. The molecule has 0 amide bonds. The number of benzene rings is 9. The van der Waals surface area contributed by atoms with Crippen molar-refractivity contribution in [2.45, 2.75) is 95.8 Å². The van der Waals surface area contributed by atoms with Crippen molar-refractivity contribution in [3.63, 3.8) is 0 Å². The molecule has 0 saturated carbocycles. The molecule has 18 rings (SSSR count). The summed E-state index contributed by atoms with van der Waals surface area (Å²) >= 11 is 0. The van der Waals surface area contributed by atoms with E-state index < -0.39 is 0 Å². The van der Waals surface area contributed by atoms with E-state index in [1.165, 1.54) is 185 Å². The highest BCUT2D eigenvalue weighted by molar-refractivity contribution is 6.16. The maximum Gasteiger partial charge on any atom is 0.00624 e. The van der Waals surface area contributed by atoms with E-state index in [0.29, 0.717) is 17.8 Å². The van der Waals surface area contributed by atoms with Gasteiger partial charge < -0.3 is 0 Å². The number of hydrogen-bond donors (Lipinski definition) is 0. The maximum absolute atomic E-state index is 2.74. The third kappa shape index (κ3) is 8.53. The van der Waals surface area contributed by atoms with E-state index in [9.17, 15) is 0 Å². The quantitative estimate of drug-likeness (QED) is 0.140. The summed E-state index contributed by atoms with van der Waals surface area (Å²) in [6.45, 7) is 0. The molecule has 9 aliphatic rings. The van der Waals surface area contributed by atoms with Crippen LogP contribution in [0.15, 0.2) is 247 Å². The van der Waals surface area contributed by atoms with Gasteiger partial charge in [-0.2, -0.15) is 0 Å². The van der Waals surface area contributed by atoms with E-state index in [2.05, 4.69) is 243 Å². The molecular formula is C88H72. The van der Waals surface area contributed by atoms with Crippen molar-refractivity contribution in [3.8, 4) is 11.1 Å².